The van der Waals surface area contributed by atoms with Gasteiger partial charge in [0.05, 0.1) is 27.4 Å². The van der Waals surface area contributed by atoms with Crippen molar-refractivity contribution in [3.8, 4) is 0 Å². The standard InChI is InChI=1S/C24H16ClFN2O4S/c1-11-9-16(12(2)32-11)21(29)19-20(13-3-5-14(25)6-4-13)28(23(31)22(19)30)24-27-17-8-7-15(26)10-18(17)33-24/h3-10,20,30H,1-2H3. The molecule has 0 aliphatic carbocycles. The van der Waals surface area contributed by atoms with Crippen molar-refractivity contribution in [3.63, 3.8) is 0 Å². The van der Waals surface area contributed by atoms with E-state index in [1.165, 1.54) is 23.1 Å². The summed E-state index contributed by atoms with van der Waals surface area (Å²) in [5.74, 6) is -1.46. The molecule has 0 fully saturated rings. The van der Waals surface area contributed by atoms with E-state index < -0.39 is 29.3 Å². The van der Waals surface area contributed by atoms with Crippen LogP contribution in [0.25, 0.3) is 10.2 Å². The van der Waals surface area contributed by atoms with Crippen LogP contribution in [0.1, 0.15) is 33.5 Å². The molecule has 1 unspecified atom stereocenters. The number of thiazole rings is 1. The Kier molecular flexibility index (Phi) is 5.07. The largest absolute Gasteiger partial charge is 0.503 e. The highest BCUT2D eigenvalue weighted by atomic mass is 35.5. The van der Waals surface area contributed by atoms with Crippen LogP contribution in [0.2, 0.25) is 5.02 Å². The lowest BCUT2D eigenvalue weighted by Crippen LogP contribution is -2.31. The number of carbonyl (C=O) groups excluding carboxylic acids is 2. The number of aliphatic hydroxyl groups is 1. The summed E-state index contributed by atoms with van der Waals surface area (Å²) in [5.41, 5.74) is 1.23. The fourth-order valence-corrected chi connectivity index (χ4v) is 5.13. The second-order valence-corrected chi connectivity index (χ2v) is 9.10. The van der Waals surface area contributed by atoms with Crippen LogP contribution in [0, 0.1) is 19.7 Å². The minimum atomic E-state index is -0.956. The van der Waals surface area contributed by atoms with E-state index in [4.69, 9.17) is 16.0 Å². The number of Topliss-reactive ketones (excluding diaryl/α,β-unsaturated/α-hetero) is 1. The molecule has 3 heterocycles. The van der Waals surface area contributed by atoms with Crippen LogP contribution >= 0.6 is 22.9 Å². The third-order valence-corrected chi connectivity index (χ3v) is 6.74. The molecule has 33 heavy (non-hydrogen) atoms. The zero-order chi connectivity index (χ0) is 23.4. The van der Waals surface area contributed by atoms with Gasteiger partial charge in [0.15, 0.2) is 16.7 Å². The quantitative estimate of drug-likeness (QED) is 0.356. The molecule has 0 saturated carbocycles. The predicted octanol–water partition coefficient (Wildman–Crippen LogP) is 6.08. The summed E-state index contributed by atoms with van der Waals surface area (Å²) >= 11 is 7.14. The van der Waals surface area contributed by atoms with Gasteiger partial charge < -0.3 is 9.52 Å². The number of hydrogen-bond acceptors (Lipinski definition) is 6. The first-order valence-corrected chi connectivity index (χ1v) is 11.1. The van der Waals surface area contributed by atoms with E-state index in [1.807, 2.05) is 0 Å². The van der Waals surface area contributed by atoms with Gasteiger partial charge in [0.2, 0.25) is 0 Å². The molecule has 5 rings (SSSR count). The van der Waals surface area contributed by atoms with Crippen LogP contribution in [0.15, 0.2) is 64.3 Å². The second-order valence-electron chi connectivity index (χ2n) is 7.66. The fraction of sp³-hybridized carbons (Fsp3) is 0.125. The number of carbonyl (C=O) groups is 2. The van der Waals surface area contributed by atoms with E-state index in [9.17, 15) is 19.1 Å². The number of furan rings is 1. The number of nitrogens with zero attached hydrogens (tertiary/aromatic N) is 2. The predicted molar refractivity (Wildman–Crippen MR) is 123 cm³/mol. The van der Waals surface area contributed by atoms with Crippen LogP contribution in [-0.4, -0.2) is 21.8 Å². The second kappa shape index (κ2) is 7.83. The summed E-state index contributed by atoms with van der Waals surface area (Å²) in [6.07, 6.45) is 0. The zero-order valence-electron chi connectivity index (χ0n) is 17.4. The maximum absolute atomic E-state index is 13.7. The number of amides is 1. The van der Waals surface area contributed by atoms with Crippen molar-refractivity contribution < 1.29 is 23.5 Å². The Bertz CT molecular complexity index is 1470. The van der Waals surface area contributed by atoms with Crippen LogP contribution in [0.4, 0.5) is 9.52 Å². The van der Waals surface area contributed by atoms with E-state index in [-0.39, 0.29) is 16.3 Å². The first-order chi connectivity index (χ1) is 15.7. The highest BCUT2D eigenvalue weighted by molar-refractivity contribution is 7.22. The summed E-state index contributed by atoms with van der Waals surface area (Å²) < 4.78 is 19.7. The molecule has 4 aromatic rings. The Balaban J connectivity index is 1.69. The van der Waals surface area contributed by atoms with Gasteiger partial charge in [-0.3, -0.25) is 14.5 Å². The molecule has 166 valence electrons. The fourth-order valence-electron chi connectivity index (χ4n) is 3.99. The molecule has 1 N–H and O–H groups in total. The van der Waals surface area contributed by atoms with Crippen molar-refractivity contribution in [3.05, 3.63) is 93.4 Å². The van der Waals surface area contributed by atoms with E-state index >= 15 is 0 Å². The number of rotatable bonds is 4. The molecule has 0 radical (unpaired) electrons. The van der Waals surface area contributed by atoms with Crippen molar-refractivity contribution in [1.82, 2.24) is 4.98 Å². The number of ketones is 1. The molecule has 1 atom stereocenters. The van der Waals surface area contributed by atoms with Gasteiger partial charge in [0, 0.05) is 5.02 Å². The highest BCUT2D eigenvalue weighted by Crippen LogP contribution is 2.44. The van der Waals surface area contributed by atoms with Crippen LogP contribution in [0.3, 0.4) is 0 Å². The molecule has 9 heteroatoms. The number of fused-ring (bicyclic) bond motifs is 1. The number of anilines is 1. The monoisotopic (exact) mass is 482 g/mol. The van der Waals surface area contributed by atoms with E-state index in [0.717, 1.165) is 11.3 Å². The lowest BCUT2D eigenvalue weighted by Gasteiger charge is -2.24. The first-order valence-electron chi connectivity index (χ1n) is 9.94. The summed E-state index contributed by atoms with van der Waals surface area (Å²) in [6.45, 7) is 3.35. The molecule has 6 nitrogen and oxygen atoms in total. The Labute approximate surface area is 196 Å². The minimum Gasteiger partial charge on any atom is -0.503 e. The average molecular weight is 483 g/mol. The lowest BCUT2D eigenvalue weighted by atomic mass is 9.93. The van der Waals surface area contributed by atoms with Crippen LogP contribution < -0.4 is 4.90 Å². The molecular weight excluding hydrogens is 467 g/mol. The van der Waals surface area contributed by atoms with E-state index in [0.29, 0.717) is 32.3 Å². The molecule has 0 spiro atoms. The molecule has 1 aliphatic heterocycles. The molecule has 2 aromatic heterocycles. The number of aromatic nitrogens is 1. The van der Waals surface area contributed by atoms with Gasteiger partial charge in [0.25, 0.3) is 5.91 Å². The summed E-state index contributed by atoms with van der Waals surface area (Å²) in [6, 6.07) is 11.4. The maximum Gasteiger partial charge on any atom is 0.296 e. The van der Waals surface area contributed by atoms with Gasteiger partial charge in [-0.25, -0.2) is 9.37 Å². The van der Waals surface area contributed by atoms with Crippen molar-refractivity contribution in [1.29, 1.82) is 0 Å². The number of halogens is 2. The third-order valence-electron chi connectivity index (χ3n) is 5.47. The molecule has 0 saturated heterocycles. The number of aliphatic hydroxyl groups excluding tert-OH is 1. The normalized spacial score (nSPS) is 16.3. The molecule has 2 aromatic carbocycles. The summed E-state index contributed by atoms with van der Waals surface area (Å²) in [7, 11) is 0. The number of benzene rings is 2. The van der Waals surface area contributed by atoms with Gasteiger partial charge in [-0.1, -0.05) is 35.1 Å². The van der Waals surface area contributed by atoms with Gasteiger partial charge in [-0.05, 0) is 55.8 Å². The van der Waals surface area contributed by atoms with Crippen LogP contribution in [0.5, 0.6) is 0 Å². The Morgan fingerprint density at radius 2 is 1.91 bits per heavy atom. The number of aryl methyl sites for hydroxylation is 2. The maximum atomic E-state index is 13.7. The Morgan fingerprint density at radius 3 is 2.58 bits per heavy atom. The Morgan fingerprint density at radius 1 is 1.18 bits per heavy atom. The van der Waals surface area contributed by atoms with Crippen molar-refractivity contribution in [2.24, 2.45) is 0 Å². The Hall–Kier alpha value is -3.49. The van der Waals surface area contributed by atoms with Gasteiger partial charge >= 0.3 is 0 Å². The van der Waals surface area contributed by atoms with Crippen LogP contribution in [-0.2, 0) is 4.79 Å². The van der Waals surface area contributed by atoms with Gasteiger partial charge in [-0.15, -0.1) is 0 Å². The van der Waals surface area contributed by atoms with Gasteiger partial charge in [-0.2, -0.15) is 0 Å². The summed E-state index contributed by atoms with van der Waals surface area (Å²) in [5, 5.41) is 11.6. The van der Waals surface area contributed by atoms with Crippen molar-refractivity contribution in [2.45, 2.75) is 19.9 Å². The SMILES string of the molecule is Cc1cc(C(=O)C2=C(O)C(=O)N(c3nc4ccc(F)cc4s3)C2c2ccc(Cl)cc2)c(C)o1. The van der Waals surface area contributed by atoms with Gasteiger partial charge in [0.1, 0.15) is 17.3 Å². The summed E-state index contributed by atoms with van der Waals surface area (Å²) in [4.78, 5) is 32.5. The van der Waals surface area contributed by atoms with E-state index in [1.54, 1.807) is 44.2 Å². The van der Waals surface area contributed by atoms with E-state index in [2.05, 4.69) is 4.98 Å². The number of hydrogen-bond donors (Lipinski definition) is 1. The third kappa shape index (κ3) is 3.51. The highest BCUT2D eigenvalue weighted by Gasteiger charge is 2.46. The topological polar surface area (TPSA) is 83.6 Å². The zero-order valence-corrected chi connectivity index (χ0v) is 19.0. The molecule has 0 bridgehead atoms. The van der Waals surface area contributed by atoms with Crippen molar-refractivity contribution >= 4 is 50.0 Å². The minimum absolute atomic E-state index is 0.0864. The smallest absolute Gasteiger partial charge is 0.296 e. The molecule has 1 amide bonds. The molecular formula is C24H16ClFN2O4S. The average Bonchev–Trinajstić information content (AvgIpc) is 3.41. The lowest BCUT2D eigenvalue weighted by molar-refractivity contribution is -0.117. The van der Waals surface area contributed by atoms with Crippen molar-refractivity contribution in [2.75, 3.05) is 4.90 Å². The molecule has 1 aliphatic rings. The first kappa shape index (κ1) is 21.4.